The lowest BCUT2D eigenvalue weighted by Gasteiger charge is -2.11. The Bertz CT molecular complexity index is 930. The van der Waals surface area contributed by atoms with Crippen molar-refractivity contribution in [1.29, 1.82) is 0 Å². The highest BCUT2D eigenvalue weighted by Crippen LogP contribution is 2.31. The minimum absolute atomic E-state index is 0.276. The second-order valence-electron chi connectivity index (χ2n) is 5.65. The number of anilines is 1. The lowest BCUT2D eigenvalue weighted by atomic mass is 10.2. The molecule has 1 atom stereocenters. The molecule has 0 saturated heterocycles. The molecule has 10 heteroatoms. The smallest absolute Gasteiger partial charge is 0.461 e. The summed E-state index contributed by atoms with van der Waals surface area (Å²) in [6.07, 6.45) is -0.287. The van der Waals surface area contributed by atoms with Gasteiger partial charge in [0.2, 0.25) is 6.23 Å². The van der Waals surface area contributed by atoms with E-state index in [1.54, 1.807) is 24.4 Å². The number of benzene rings is 1. The molecule has 0 radical (unpaired) electrons. The van der Waals surface area contributed by atoms with Gasteiger partial charge in [0.05, 0.1) is 0 Å². The zero-order valence-corrected chi connectivity index (χ0v) is 16.1. The number of aromatic nitrogens is 1. The van der Waals surface area contributed by atoms with Gasteiger partial charge < -0.3 is 19.5 Å². The largest absolute Gasteiger partial charge is 0.573 e. The Balaban J connectivity index is 1.64. The van der Waals surface area contributed by atoms with Gasteiger partial charge in [-0.2, -0.15) is 0 Å². The van der Waals surface area contributed by atoms with E-state index >= 15 is 0 Å². The Hall–Kier alpha value is -3.14. The molecule has 0 saturated carbocycles. The molecule has 0 spiro atoms. The number of hydrogen-bond donors (Lipinski definition) is 2. The van der Waals surface area contributed by atoms with Gasteiger partial charge >= 0.3 is 6.36 Å². The molecular weight excluding hydrogens is 405 g/mol. The Morgan fingerprint density at radius 1 is 1.24 bits per heavy atom. The van der Waals surface area contributed by atoms with Crippen molar-refractivity contribution in [3.63, 3.8) is 0 Å². The summed E-state index contributed by atoms with van der Waals surface area (Å²) in [5.41, 5.74) is 0.789. The van der Waals surface area contributed by atoms with E-state index in [9.17, 15) is 13.2 Å². The van der Waals surface area contributed by atoms with Crippen molar-refractivity contribution in [2.45, 2.75) is 24.4 Å². The molecule has 1 aromatic carbocycles. The average Bonchev–Trinajstić information content (AvgIpc) is 3.10. The summed E-state index contributed by atoms with van der Waals surface area (Å²) < 4.78 is 49.3. The quantitative estimate of drug-likeness (QED) is 0.627. The summed E-state index contributed by atoms with van der Waals surface area (Å²) in [5, 5.41) is 2.93. The molecule has 1 unspecified atom stereocenters. The molecule has 3 rings (SSSR count). The van der Waals surface area contributed by atoms with Crippen LogP contribution >= 0.6 is 11.9 Å². The van der Waals surface area contributed by atoms with Crippen LogP contribution < -0.4 is 14.8 Å². The van der Waals surface area contributed by atoms with Gasteiger partial charge in [-0.15, -0.1) is 13.2 Å². The van der Waals surface area contributed by atoms with Crippen LogP contribution in [-0.2, 0) is 4.74 Å². The van der Waals surface area contributed by atoms with E-state index in [-0.39, 0.29) is 5.75 Å². The fraction of sp³-hybridized carbons (Fsp3) is 0.158. The summed E-state index contributed by atoms with van der Waals surface area (Å²) in [5.74, 6) is 1.49. The van der Waals surface area contributed by atoms with E-state index in [1.807, 2.05) is 6.92 Å². The van der Waals surface area contributed by atoms with Crippen molar-refractivity contribution in [2.24, 2.45) is 4.99 Å². The number of allylic oxidation sites excluding steroid dienone is 1. The first-order valence-electron chi connectivity index (χ1n) is 8.41. The van der Waals surface area contributed by atoms with Crippen LogP contribution in [0.5, 0.6) is 5.75 Å². The molecular formula is C19H17F3N4O2S. The standard InChI is InChI=1S/C19H17F3N4O2S/c1-3-15-17(23-4-2)25-18(27-15)12-9-10-24-16(11-12)26-29-14-7-5-13(6-8-14)28-19(20,21)22/h3-11,18H,2H2,1H3,(H,23,25)(H,24,26)/b15-3+. The fourth-order valence-electron chi connectivity index (χ4n) is 2.41. The van der Waals surface area contributed by atoms with Crippen LogP contribution in [0.4, 0.5) is 19.0 Å². The summed E-state index contributed by atoms with van der Waals surface area (Å²) in [4.78, 5) is 9.40. The Labute approximate surface area is 169 Å². The van der Waals surface area contributed by atoms with Crippen LogP contribution in [0, 0.1) is 0 Å². The van der Waals surface area contributed by atoms with Crippen molar-refractivity contribution in [3.8, 4) is 5.75 Å². The van der Waals surface area contributed by atoms with Gasteiger partial charge in [0.15, 0.2) is 11.6 Å². The number of rotatable bonds is 6. The molecule has 2 heterocycles. The molecule has 6 nitrogen and oxygen atoms in total. The molecule has 1 aromatic heterocycles. The number of ether oxygens (including phenoxy) is 2. The van der Waals surface area contributed by atoms with Gasteiger partial charge in [-0.25, -0.2) is 9.98 Å². The highest BCUT2D eigenvalue weighted by atomic mass is 32.2. The van der Waals surface area contributed by atoms with Crippen LogP contribution in [0.1, 0.15) is 18.7 Å². The number of aliphatic imine (C=N–C) groups is 1. The summed E-state index contributed by atoms with van der Waals surface area (Å²) in [7, 11) is 0. The maximum atomic E-state index is 12.2. The van der Waals surface area contributed by atoms with Crippen LogP contribution in [-0.4, -0.2) is 17.2 Å². The third kappa shape index (κ3) is 5.67. The van der Waals surface area contributed by atoms with E-state index in [4.69, 9.17) is 4.74 Å². The van der Waals surface area contributed by atoms with Crippen molar-refractivity contribution in [3.05, 3.63) is 72.8 Å². The lowest BCUT2D eigenvalue weighted by molar-refractivity contribution is -0.274. The number of nitrogens with zero attached hydrogens (tertiary/aromatic N) is 2. The zero-order chi connectivity index (χ0) is 20.9. The average molecular weight is 422 g/mol. The molecule has 0 amide bonds. The van der Waals surface area contributed by atoms with Crippen molar-refractivity contribution >= 4 is 23.6 Å². The molecule has 1 aliphatic heterocycles. The number of pyridine rings is 1. The highest BCUT2D eigenvalue weighted by Gasteiger charge is 2.31. The van der Waals surface area contributed by atoms with E-state index in [1.165, 1.54) is 42.4 Å². The molecule has 1 aliphatic rings. The number of amidine groups is 1. The molecule has 0 aliphatic carbocycles. The SMILES string of the molecule is C=CNC1=NC(c2ccnc(NSc3ccc(OC(F)(F)F)cc3)c2)O/C1=C/C. The number of nitrogens with one attached hydrogen (secondary N) is 2. The Morgan fingerprint density at radius 3 is 2.66 bits per heavy atom. The first-order chi connectivity index (χ1) is 13.9. The van der Waals surface area contributed by atoms with Crippen LogP contribution in [0.2, 0.25) is 0 Å². The predicted octanol–water partition coefficient (Wildman–Crippen LogP) is 5.16. The molecule has 0 fully saturated rings. The molecule has 2 N–H and O–H groups in total. The zero-order valence-electron chi connectivity index (χ0n) is 15.2. The van der Waals surface area contributed by atoms with Gasteiger partial charge in [0.1, 0.15) is 11.6 Å². The molecule has 152 valence electrons. The minimum Gasteiger partial charge on any atom is -0.461 e. The Morgan fingerprint density at radius 2 is 2.00 bits per heavy atom. The number of alkyl halides is 3. The third-order valence-electron chi connectivity index (χ3n) is 3.62. The van der Waals surface area contributed by atoms with Crippen molar-refractivity contribution < 1.29 is 22.6 Å². The maximum absolute atomic E-state index is 12.2. The number of hydrogen-bond acceptors (Lipinski definition) is 7. The van der Waals surface area contributed by atoms with Crippen LogP contribution in [0.15, 0.2) is 77.1 Å². The first-order valence-corrected chi connectivity index (χ1v) is 9.23. The molecule has 29 heavy (non-hydrogen) atoms. The topological polar surface area (TPSA) is 67.8 Å². The first kappa shape index (κ1) is 20.6. The van der Waals surface area contributed by atoms with Crippen molar-refractivity contribution in [2.75, 3.05) is 4.72 Å². The number of halogens is 3. The van der Waals surface area contributed by atoms with Crippen molar-refractivity contribution in [1.82, 2.24) is 10.3 Å². The fourth-order valence-corrected chi connectivity index (χ4v) is 3.02. The van der Waals surface area contributed by atoms with E-state index in [0.717, 1.165) is 5.56 Å². The van der Waals surface area contributed by atoms with Crippen LogP contribution in [0.3, 0.4) is 0 Å². The minimum atomic E-state index is -4.71. The van der Waals surface area contributed by atoms with E-state index < -0.39 is 12.6 Å². The normalized spacial score (nSPS) is 17.4. The van der Waals surface area contributed by atoms with Crippen LogP contribution in [0.25, 0.3) is 0 Å². The van der Waals surface area contributed by atoms with Gasteiger partial charge in [0, 0.05) is 16.7 Å². The highest BCUT2D eigenvalue weighted by molar-refractivity contribution is 8.00. The van der Waals surface area contributed by atoms with E-state index in [0.29, 0.717) is 22.3 Å². The van der Waals surface area contributed by atoms with Gasteiger partial charge in [-0.3, -0.25) is 0 Å². The maximum Gasteiger partial charge on any atom is 0.573 e. The molecule has 2 aromatic rings. The second-order valence-corrected chi connectivity index (χ2v) is 6.53. The summed E-state index contributed by atoms with van der Waals surface area (Å²) in [6, 6.07) is 9.09. The monoisotopic (exact) mass is 422 g/mol. The second kappa shape index (κ2) is 8.91. The summed E-state index contributed by atoms with van der Waals surface area (Å²) in [6.45, 7) is 5.47. The van der Waals surface area contributed by atoms with Gasteiger partial charge in [-0.05, 0) is 67.5 Å². The Kier molecular flexibility index (Phi) is 6.32. The predicted molar refractivity (Wildman–Crippen MR) is 105 cm³/mol. The third-order valence-corrected chi connectivity index (χ3v) is 4.44. The van der Waals surface area contributed by atoms with Gasteiger partial charge in [0.25, 0.3) is 0 Å². The summed E-state index contributed by atoms with van der Waals surface area (Å²) >= 11 is 1.20. The van der Waals surface area contributed by atoms with Gasteiger partial charge in [-0.1, -0.05) is 6.58 Å². The lowest BCUT2D eigenvalue weighted by Crippen LogP contribution is -2.16. The molecule has 0 bridgehead atoms. The van der Waals surface area contributed by atoms with E-state index in [2.05, 4.69) is 31.3 Å².